The zero-order chi connectivity index (χ0) is 9.19. The highest BCUT2D eigenvalue weighted by Crippen LogP contribution is 2.84. The van der Waals surface area contributed by atoms with Crippen molar-refractivity contribution in [2.24, 2.45) is 53.3 Å². The molecule has 1 N–H and O–H groups in total. The fourth-order valence-electron chi connectivity index (χ4n) is 6.95. The van der Waals surface area contributed by atoms with E-state index in [1.807, 2.05) is 0 Å². The lowest BCUT2D eigenvalue weighted by atomic mass is 9.71. The third-order valence-corrected chi connectivity index (χ3v) is 6.61. The maximum atomic E-state index is 11.3. The summed E-state index contributed by atoms with van der Waals surface area (Å²) in [6, 6.07) is 0. The van der Waals surface area contributed by atoms with Crippen molar-refractivity contribution in [3.05, 3.63) is 0 Å². The Kier molecular flexibility index (Phi) is 0.812. The minimum absolute atomic E-state index is 0.0810. The molecule has 2 heteroatoms. The van der Waals surface area contributed by atoms with Crippen LogP contribution < -0.4 is 0 Å². The van der Waals surface area contributed by atoms with Gasteiger partial charge in [-0.15, -0.1) is 0 Å². The van der Waals surface area contributed by atoms with Crippen LogP contribution >= 0.6 is 0 Å². The monoisotopic (exact) mass is 190 g/mol. The summed E-state index contributed by atoms with van der Waals surface area (Å²) < 4.78 is 0. The van der Waals surface area contributed by atoms with E-state index in [0.717, 1.165) is 35.5 Å². The number of aliphatic carboxylic acids is 1. The molecule has 6 saturated carbocycles. The minimum atomic E-state index is -0.469. The van der Waals surface area contributed by atoms with Crippen LogP contribution in [-0.2, 0) is 4.79 Å². The van der Waals surface area contributed by atoms with Gasteiger partial charge in [0.15, 0.2) is 0 Å². The third-order valence-electron chi connectivity index (χ3n) is 6.61. The summed E-state index contributed by atoms with van der Waals surface area (Å²) in [5.41, 5.74) is 0. The molecule has 6 aliphatic rings. The Morgan fingerprint density at radius 1 is 0.857 bits per heavy atom. The lowest BCUT2D eigenvalue weighted by molar-refractivity contribution is -0.143. The summed E-state index contributed by atoms with van der Waals surface area (Å²) in [6.45, 7) is 0. The Balaban J connectivity index is 1.77. The molecule has 9 atom stereocenters. The first-order valence-corrected chi connectivity index (χ1v) is 6.02. The number of carboxylic acids is 1. The largest absolute Gasteiger partial charge is 0.481 e. The maximum Gasteiger partial charge on any atom is 0.307 e. The molecular weight excluding hydrogens is 176 g/mol. The molecule has 74 valence electrons. The Morgan fingerprint density at radius 3 is 1.79 bits per heavy atom. The average Bonchev–Trinajstić information content (AvgIpc) is 2.76. The lowest BCUT2D eigenvalue weighted by Crippen LogP contribution is -2.30. The number of carbonyl (C=O) groups is 1. The second-order valence-corrected chi connectivity index (χ2v) is 6.30. The molecule has 0 spiro atoms. The minimum Gasteiger partial charge on any atom is -0.481 e. The summed E-state index contributed by atoms with van der Waals surface area (Å²) in [6.07, 6.45) is 2.81. The van der Waals surface area contributed by atoms with Crippen LogP contribution in [0.4, 0.5) is 0 Å². The van der Waals surface area contributed by atoms with Crippen LogP contribution in [0.1, 0.15) is 12.8 Å². The molecule has 0 aromatic carbocycles. The summed E-state index contributed by atoms with van der Waals surface area (Å²) in [4.78, 5) is 11.3. The summed E-state index contributed by atoms with van der Waals surface area (Å²) in [7, 11) is 0. The van der Waals surface area contributed by atoms with Crippen molar-refractivity contribution in [2.75, 3.05) is 0 Å². The van der Waals surface area contributed by atoms with E-state index < -0.39 is 5.97 Å². The molecule has 6 bridgehead atoms. The SMILES string of the molecule is O=C(O)C1[C@@H]2[C@H]3C[C@H]4[C@H]5C[C@@H]([C@@H]1[C@@H]53)[C@@H]42. The van der Waals surface area contributed by atoms with Crippen molar-refractivity contribution >= 4 is 5.97 Å². The lowest BCUT2D eigenvalue weighted by Gasteiger charge is -2.33. The van der Waals surface area contributed by atoms with Crippen LogP contribution in [0.3, 0.4) is 0 Å². The van der Waals surface area contributed by atoms with Gasteiger partial charge in [-0.1, -0.05) is 0 Å². The third kappa shape index (κ3) is 0.409. The summed E-state index contributed by atoms with van der Waals surface area (Å²) >= 11 is 0. The molecule has 6 rings (SSSR count). The summed E-state index contributed by atoms with van der Waals surface area (Å²) in [5.74, 6) is 6.22. The van der Waals surface area contributed by atoms with E-state index in [0.29, 0.717) is 11.8 Å². The quantitative estimate of drug-likeness (QED) is 0.679. The highest BCUT2D eigenvalue weighted by molar-refractivity contribution is 5.73. The maximum absolute atomic E-state index is 11.3. The molecule has 2 nitrogen and oxygen atoms in total. The number of carboxylic acid groups (broad SMARTS) is 1. The second-order valence-electron chi connectivity index (χ2n) is 6.30. The Bertz CT molecular complexity index is 335. The number of rotatable bonds is 1. The van der Waals surface area contributed by atoms with E-state index in [1.165, 1.54) is 12.8 Å². The predicted octanol–water partition coefficient (Wildman–Crippen LogP) is 1.47. The van der Waals surface area contributed by atoms with Gasteiger partial charge >= 0.3 is 5.97 Å². The molecule has 0 aromatic rings. The van der Waals surface area contributed by atoms with E-state index in [2.05, 4.69) is 0 Å². The molecule has 6 fully saturated rings. The van der Waals surface area contributed by atoms with E-state index in [1.54, 1.807) is 0 Å². The molecule has 0 heterocycles. The van der Waals surface area contributed by atoms with E-state index in [-0.39, 0.29) is 5.92 Å². The molecule has 0 saturated heterocycles. The van der Waals surface area contributed by atoms with Crippen LogP contribution in [-0.4, -0.2) is 11.1 Å². The first kappa shape index (κ1) is 6.86. The number of hydrogen-bond donors (Lipinski definition) is 1. The van der Waals surface area contributed by atoms with Crippen molar-refractivity contribution < 1.29 is 9.90 Å². The van der Waals surface area contributed by atoms with E-state index >= 15 is 0 Å². The van der Waals surface area contributed by atoms with Crippen molar-refractivity contribution in [3.63, 3.8) is 0 Å². The Labute approximate surface area is 82.7 Å². The summed E-state index contributed by atoms with van der Waals surface area (Å²) in [5, 5.41) is 9.33. The fourth-order valence-corrected chi connectivity index (χ4v) is 6.95. The topological polar surface area (TPSA) is 37.3 Å². The van der Waals surface area contributed by atoms with Gasteiger partial charge in [0.05, 0.1) is 5.92 Å². The average molecular weight is 190 g/mol. The van der Waals surface area contributed by atoms with Gasteiger partial charge in [-0.25, -0.2) is 0 Å². The van der Waals surface area contributed by atoms with E-state index in [4.69, 9.17) is 0 Å². The molecule has 0 radical (unpaired) electrons. The standard InChI is InChI=1S/C12H14O2/c13-12(14)11-9-5-1-3-4-2-6(7(3)9)10(11)8(4)5/h3-11H,1-2H2,(H,13,14)/t3-,4+,5-,6+,7+,8-,9-,10-,11?/m1/s1. The zero-order valence-electron chi connectivity index (χ0n) is 7.97. The number of hydrogen-bond acceptors (Lipinski definition) is 1. The highest BCUT2D eigenvalue weighted by atomic mass is 16.4. The molecule has 1 unspecified atom stereocenters. The highest BCUT2D eigenvalue weighted by Gasteiger charge is 2.81. The van der Waals surface area contributed by atoms with Crippen molar-refractivity contribution in [3.8, 4) is 0 Å². The van der Waals surface area contributed by atoms with Crippen LogP contribution in [0.2, 0.25) is 0 Å². The van der Waals surface area contributed by atoms with E-state index in [9.17, 15) is 9.90 Å². The van der Waals surface area contributed by atoms with Crippen LogP contribution in [0.15, 0.2) is 0 Å². The second kappa shape index (κ2) is 1.66. The first-order chi connectivity index (χ1) is 6.79. The smallest absolute Gasteiger partial charge is 0.307 e. The van der Waals surface area contributed by atoms with Gasteiger partial charge in [0.2, 0.25) is 0 Å². The molecular formula is C12H14O2. The van der Waals surface area contributed by atoms with Gasteiger partial charge in [0.25, 0.3) is 0 Å². The molecule has 0 amide bonds. The first-order valence-electron chi connectivity index (χ1n) is 6.02. The fraction of sp³-hybridized carbons (Fsp3) is 0.917. The normalized spacial score (nSPS) is 74.4. The van der Waals surface area contributed by atoms with Crippen LogP contribution in [0.25, 0.3) is 0 Å². The van der Waals surface area contributed by atoms with Gasteiger partial charge in [-0.05, 0) is 60.2 Å². The molecule has 0 aromatic heterocycles. The van der Waals surface area contributed by atoms with Crippen molar-refractivity contribution in [1.29, 1.82) is 0 Å². The molecule has 0 aliphatic heterocycles. The van der Waals surface area contributed by atoms with Gasteiger partial charge < -0.3 is 5.11 Å². The van der Waals surface area contributed by atoms with Gasteiger partial charge in [0, 0.05) is 0 Å². The van der Waals surface area contributed by atoms with Gasteiger partial charge in [-0.3, -0.25) is 4.79 Å². The van der Waals surface area contributed by atoms with Gasteiger partial charge in [-0.2, -0.15) is 0 Å². The van der Waals surface area contributed by atoms with Crippen LogP contribution in [0.5, 0.6) is 0 Å². The zero-order valence-corrected chi connectivity index (χ0v) is 7.97. The predicted molar refractivity (Wildman–Crippen MR) is 48.3 cm³/mol. The van der Waals surface area contributed by atoms with Crippen molar-refractivity contribution in [2.45, 2.75) is 12.8 Å². The van der Waals surface area contributed by atoms with Crippen molar-refractivity contribution in [1.82, 2.24) is 0 Å². The molecule has 6 aliphatic carbocycles. The Hall–Kier alpha value is -0.530. The molecule has 14 heavy (non-hydrogen) atoms. The van der Waals surface area contributed by atoms with Crippen LogP contribution in [0, 0.1) is 53.3 Å². The van der Waals surface area contributed by atoms with Gasteiger partial charge in [0.1, 0.15) is 0 Å². The Morgan fingerprint density at radius 2 is 1.36 bits per heavy atom.